The number of imide groups is 1. The Kier molecular flexibility index (Phi) is 9.34. The van der Waals surface area contributed by atoms with Crippen molar-refractivity contribution < 1.29 is 9.59 Å². The maximum atomic E-state index is 14.6. The van der Waals surface area contributed by atoms with Gasteiger partial charge in [0, 0.05) is 27.5 Å². The molecule has 0 radical (unpaired) electrons. The summed E-state index contributed by atoms with van der Waals surface area (Å²) < 4.78 is 2.02. The molecule has 1 aliphatic heterocycles. The molecule has 0 spiro atoms. The van der Waals surface area contributed by atoms with E-state index in [1.165, 1.54) is 10.5 Å². The topological polar surface area (TPSA) is 116 Å². The summed E-state index contributed by atoms with van der Waals surface area (Å²) in [6, 6.07) is 59.6. The first-order valence-electron chi connectivity index (χ1n) is 18.9. The smallest absolute Gasteiger partial charge is 0.268 e. The van der Waals surface area contributed by atoms with Gasteiger partial charge in [-0.15, -0.1) is 0 Å². The molecule has 59 heavy (non-hydrogen) atoms. The summed E-state index contributed by atoms with van der Waals surface area (Å²) in [7, 11) is 0. The number of hydrogen-bond donors (Lipinski definition) is 0. The number of pyridine rings is 2. The number of amides is 2. The minimum atomic E-state index is -0.405. The van der Waals surface area contributed by atoms with E-state index in [9.17, 15) is 20.1 Å². The first kappa shape index (κ1) is 36.2. The highest BCUT2D eigenvalue weighted by Gasteiger charge is 2.40. The van der Waals surface area contributed by atoms with Gasteiger partial charge in [-0.25, -0.2) is 14.9 Å². The molecule has 10 rings (SSSR count). The van der Waals surface area contributed by atoms with Crippen LogP contribution in [-0.2, 0) is 0 Å². The van der Waals surface area contributed by atoms with Crippen LogP contribution in [0.3, 0.4) is 0 Å². The summed E-state index contributed by atoms with van der Waals surface area (Å²) in [4.78, 5) is 39.1. The van der Waals surface area contributed by atoms with E-state index < -0.39 is 5.91 Å². The summed E-state index contributed by atoms with van der Waals surface area (Å²) in [6.07, 6.45) is 0. The fourth-order valence-electron chi connectivity index (χ4n) is 7.65. The lowest BCUT2D eigenvalue weighted by molar-refractivity contribution is 0.0926. The first-order chi connectivity index (χ1) is 28.9. The SMILES string of the molecule is Cc1ccccc1.N#Cc1cccc(-c2ccc3c(c2)c2cc(-c4cccc(C#N)n4)ccc2n3-c2cccc3c2C(=O)N(c2ccccc2-c2ccccc2)C3=O)n1. The molecule has 0 fully saturated rings. The van der Waals surface area contributed by atoms with Crippen LogP contribution in [0.25, 0.3) is 61.1 Å². The monoisotopic (exact) mass is 760 g/mol. The molecule has 1 aliphatic rings. The summed E-state index contributed by atoms with van der Waals surface area (Å²) in [5.41, 5.74) is 9.88. The number of rotatable bonds is 5. The van der Waals surface area contributed by atoms with Gasteiger partial charge in [-0.05, 0) is 79.2 Å². The molecule has 0 unspecified atom stereocenters. The van der Waals surface area contributed by atoms with Gasteiger partial charge in [-0.2, -0.15) is 10.5 Å². The number of carbonyl (C=O) groups is 2. The quantitative estimate of drug-likeness (QED) is 0.161. The third-order valence-electron chi connectivity index (χ3n) is 10.4. The van der Waals surface area contributed by atoms with Gasteiger partial charge in [-0.3, -0.25) is 9.59 Å². The largest absolute Gasteiger partial charge is 0.308 e. The molecule has 0 saturated carbocycles. The predicted molar refractivity (Wildman–Crippen MR) is 231 cm³/mol. The van der Waals surface area contributed by atoms with Gasteiger partial charge >= 0.3 is 0 Å². The van der Waals surface area contributed by atoms with Crippen molar-refractivity contribution in [3.05, 3.63) is 204 Å². The predicted octanol–water partition coefficient (Wildman–Crippen LogP) is 11.1. The number of carbonyl (C=O) groups excluding carboxylic acids is 2. The van der Waals surface area contributed by atoms with E-state index in [4.69, 9.17) is 0 Å². The maximum absolute atomic E-state index is 14.6. The fraction of sp³-hybridized carbons (Fsp3) is 0.0196. The van der Waals surface area contributed by atoms with E-state index in [1.54, 1.807) is 42.5 Å². The van der Waals surface area contributed by atoms with Gasteiger partial charge in [0.1, 0.15) is 23.5 Å². The molecule has 8 heteroatoms. The van der Waals surface area contributed by atoms with E-state index in [1.807, 2.05) is 126 Å². The van der Waals surface area contributed by atoms with E-state index in [-0.39, 0.29) is 5.91 Å². The van der Waals surface area contributed by atoms with E-state index in [0.717, 1.165) is 44.1 Å². The third-order valence-corrected chi connectivity index (χ3v) is 10.4. The molecule has 6 aromatic carbocycles. The highest BCUT2D eigenvalue weighted by Crippen LogP contribution is 2.41. The standard InChI is InChI=1S/C44H24N6O2.C7H8/c45-25-30-11-6-15-36(47-30)28-19-21-39-34(23-28)35-24-29(37-16-7-12-31(26-46)48-37)20-22-40(35)49(39)41-18-8-14-33-42(41)44(52)50(43(33)51)38-17-5-4-13-32(38)27-9-2-1-3-10-27;1-7-5-3-2-4-6-7/h1-24H;2-6H,1H3. The van der Waals surface area contributed by atoms with Gasteiger partial charge < -0.3 is 4.57 Å². The minimum Gasteiger partial charge on any atom is -0.308 e. The zero-order valence-electron chi connectivity index (χ0n) is 31.7. The second kappa shape index (κ2) is 15.2. The third kappa shape index (κ3) is 6.57. The van der Waals surface area contributed by atoms with Crippen LogP contribution in [-0.4, -0.2) is 26.3 Å². The van der Waals surface area contributed by atoms with E-state index in [0.29, 0.717) is 45.3 Å². The van der Waals surface area contributed by atoms with Gasteiger partial charge in [-0.1, -0.05) is 115 Å². The summed E-state index contributed by atoms with van der Waals surface area (Å²) >= 11 is 0. The van der Waals surface area contributed by atoms with Crippen molar-refractivity contribution in [2.24, 2.45) is 0 Å². The average molecular weight is 761 g/mol. The summed E-state index contributed by atoms with van der Waals surface area (Å²) in [6.45, 7) is 2.08. The van der Waals surface area contributed by atoms with Gasteiger partial charge in [0.2, 0.25) is 0 Å². The van der Waals surface area contributed by atoms with Gasteiger partial charge in [0.15, 0.2) is 0 Å². The molecule has 0 aliphatic carbocycles. The number of benzene rings is 6. The summed E-state index contributed by atoms with van der Waals surface area (Å²) in [5, 5.41) is 20.8. The van der Waals surface area contributed by atoms with Crippen LogP contribution < -0.4 is 4.90 Å². The lowest BCUT2D eigenvalue weighted by Gasteiger charge is -2.18. The average Bonchev–Trinajstić information content (AvgIpc) is 3.76. The molecule has 9 aromatic rings. The van der Waals surface area contributed by atoms with Crippen LogP contribution in [0.4, 0.5) is 5.69 Å². The highest BCUT2D eigenvalue weighted by molar-refractivity contribution is 6.36. The van der Waals surface area contributed by atoms with Crippen molar-refractivity contribution in [3.63, 3.8) is 0 Å². The number of nitriles is 2. The van der Waals surface area contributed by atoms with Gasteiger partial charge in [0.05, 0.1) is 44.9 Å². The Bertz CT molecular complexity index is 3080. The number of fused-ring (bicyclic) bond motifs is 4. The van der Waals surface area contributed by atoms with E-state index >= 15 is 0 Å². The molecule has 0 saturated heterocycles. The number of aryl methyl sites for hydroxylation is 1. The highest BCUT2D eigenvalue weighted by atomic mass is 16.2. The Morgan fingerprint density at radius 2 is 0.983 bits per heavy atom. The number of para-hydroxylation sites is 1. The van der Waals surface area contributed by atoms with Crippen molar-refractivity contribution in [2.45, 2.75) is 6.92 Å². The Balaban J connectivity index is 0.000000583. The van der Waals surface area contributed by atoms with Gasteiger partial charge in [0.25, 0.3) is 11.8 Å². The van der Waals surface area contributed by atoms with Crippen molar-refractivity contribution in [1.29, 1.82) is 10.5 Å². The second-order valence-electron chi connectivity index (χ2n) is 14.0. The summed E-state index contributed by atoms with van der Waals surface area (Å²) in [5.74, 6) is -0.792. The number of aromatic nitrogens is 3. The second-order valence-corrected chi connectivity index (χ2v) is 14.0. The van der Waals surface area contributed by atoms with Crippen LogP contribution in [0, 0.1) is 29.6 Å². The zero-order valence-corrected chi connectivity index (χ0v) is 31.7. The minimum absolute atomic E-state index is 0.312. The van der Waals surface area contributed by atoms with Crippen LogP contribution in [0.2, 0.25) is 0 Å². The normalized spacial score (nSPS) is 11.8. The molecule has 0 bridgehead atoms. The van der Waals surface area contributed by atoms with Crippen molar-refractivity contribution in [3.8, 4) is 51.5 Å². The molecule has 0 N–H and O–H groups in total. The van der Waals surface area contributed by atoms with Crippen LogP contribution in [0.15, 0.2) is 176 Å². The first-order valence-corrected chi connectivity index (χ1v) is 18.9. The lowest BCUT2D eigenvalue weighted by Crippen LogP contribution is -2.30. The molecule has 4 heterocycles. The van der Waals surface area contributed by atoms with E-state index in [2.05, 4.69) is 41.2 Å². The van der Waals surface area contributed by atoms with Crippen LogP contribution in [0.1, 0.15) is 37.7 Å². The zero-order chi connectivity index (χ0) is 40.5. The molecule has 8 nitrogen and oxygen atoms in total. The number of anilines is 1. The molecular formula is C51H32N6O2. The lowest BCUT2D eigenvalue weighted by atomic mass is 10.0. The maximum Gasteiger partial charge on any atom is 0.268 e. The van der Waals surface area contributed by atoms with Crippen LogP contribution >= 0.6 is 0 Å². The molecular weight excluding hydrogens is 729 g/mol. The number of nitrogens with zero attached hydrogens (tertiary/aromatic N) is 6. The number of hydrogen-bond acceptors (Lipinski definition) is 6. The van der Waals surface area contributed by atoms with Crippen molar-refractivity contribution >= 4 is 39.3 Å². The molecule has 0 atom stereocenters. The fourth-order valence-corrected chi connectivity index (χ4v) is 7.65. The molecule has 2 amide bonds. The molecule has 3 aromatic heterocycles. The Labute approximate surface area is 340 Å². The molecule has 278 valence electrons. The Hall–Kier alpha value is -8.46. The Morgan fingerprint density at radius 1 is 0.475 bits per heavy atom. The van der Waals surface area contributed by atoms with Crippen molar-refractivity contribution in [2.75, 3.05) is 4.90 Å². The van der Waals surface area contributed by atoms with Crippen LogP contribution in [0.5, 0.6) is 0 Å². The van der Waals surface area contributed by atoms with Crippen molar-refractivity contribution in [1.82, 2.24) is 14.5 Å². The Morgan fingerprint density at radius 3 is 1.54 bits per heavy atom.